The van der Waals surface area contributed by atoms with Gasteiger partial charge in [-0.1, -0.05) is 18.2 Å². The number of para-hydroxylation sites is 2. The van der Waals surface area contributed by atoms with E-state index in [1.165, 1.54) is 0 Å². The van der Waals surface area contributed by atoms with Crippen molar-refractivity contribution in [1.29, 1.82) is 0 Å². The highest BCUT2D eigenvalue weighted by molar-refractivity contribution is 7.10. The number of piperidine rings is 1. The van der Waals surface area contributed by atoms with Gasteiger partial charge in [-0.3, -0.25) is 4.57 Å². The van der Waals surface area contributed by atoms with Crippen LogP contribution in [0.15, 0.2) is 51.0 Å². The third-order valence-corrected chi connectivity index (χ3v) is 6.07. The van der Waals surface area contributed by atoms with E-state index >= 15 is 0 Å². The van der Waals surface area contributed by atoms with E-state index in [1.54, 1.807) is 15.9 Å². The summed E-state index contributed by atoms with van der Waals surface area (Å²) in [6, 6.07) is 11.5. The molecule has 1 aliphatic rings. The number of rotatable bonds is 5. The first-order chi connectivity index (χ1) is 12.2. The van der Waals surface area contributed by atoms with Gasteiger partial charge in [-0.25, -0.2) is 4.79 Å². The Kier molecular flexibility index (Phi) is 4.74. The number of aliphatic hydroxyl groups is 1. The lowest BCUT2D eigenvalue weighted by atomic mass is 9.90. The van der Waals surface area contributed by atoms with Gasteiger partial charge in [0.2, 0.25) is 0 Å². The van der Waals surface area contributed by atoms with Gasteiger partial charge in [0.15, 0.2) is 5.58 Å². The number of aliphatic hydroxyl groups excluding tert-OH is 1. The standard InChI is InChI=1S/C19H22N2O3S/c22-18(17-6-3-13-25-17)14-7-9-20(10-8-14)11-12-21-15-4-1-2-5-16(15)24-19(21)23/h1-6,13-14,18,22H,7-12H2. The summed E-state index contributed by atoms with van der Waals surface area (Å²) in [6.45, 7) is 3.37. The summed E-state index contributed by atoms with van der Waals surface area (Å²) >= 11 is 1.62. The number of aromatic nitrogens is 1. The number of nitrogens with zero attached hydrogens (tertiary/aromatic N) is 2. The Hall–Kier alpha value is -1.89. The fourth-order valence-corrected chi connectivity index (χ4v) is 4.45. The Labute approximate surface area is 150 Å². The average Bonchev–Trinajstić information content (AvgIpc) is 3.27. The molecule has 132 valence electrons. The molecule has 3 aromatic rings. The fourth-order valence-electron chi connectivity index (χ4n) is 3.65. The minimum atomic E-state index is -0.345. The molecule has 0 amide bonds. The molecule has 1 N–H and O–H groups in total. The molecule has 5 nitrogen and oxygen atoms in total. The van der Waals surface area contributed by atoms with Gasteiger partial charge in [0.1, 0.15) is 0 Å². The molecule has 0 bridgehead atoms. The van der Waals surface area contributed by atoms with E-state index in [4.69, 9.17) is 4.42 Å². The smallest absolute Gasteiger partial charge is 0.408 e. The topological polar surface area (TPSA) is 58.6 Å². The van der Waals surface area contributed by atoms with Crippen molar-refractivity contribution in [2.75, 3.05) is 19.6 Å². The third-order valence-electron chi connectivity index (χ3n) is 5.13. The van der Waals surface area contributed by atoms with E-state index in [-0.39, 0.29) is 11.9 Å². The molecule has 0 spiro atoms. The summed E-state index contributed by atoms with van der Waals surface area (Å²) < 4.78 is 7.00. The zero-order chi connectivity index (χ0) is 17.2. The number of likely N-dealkylation sites (tertiary alicyclic amines) is 1. The van der Waals surface area contributed by atoms with Crippen LogP contribution in [-0.2, 0) is 6.54 Å². The van der Waals surface area contributed by atoms with Gasteiger partial charge in [-0.05, 0) is 55.4 Å². The quantitative estimate of drug-likeness (QED) is 0.761. The predicted octanol–water partition coefficient (Wildman–Crippen LogP) is 3.10. The molecule has 1 unspecified atom stereocenters. The maximum Gasteiger partial charge on any atom is 0.419 e. The largest absolute Gasteiger partial charge is 0.419 e. The summed E-state index contributed by atoms with van der Waals surface area (Å²) in [7, 11) is 0. The number of benzene rings is 1. The summed E-state index contributed by atoms with van der Waals surface area (Å²) in [6.07, 6.45) is 1.63. The number of hydrogen-bond acceptors (Lipinski definition) is 5. The van der Waals surface area contributed by atoms with E-state index < -0.39 is 0 Å². The fraction of sp³-hybridized carbons (Fsp3) is 0.421. The van der Waals surface area contributed by atoms with E-state index in [0.29, 0.717) is 18.0 Å². The van der Waals surface area contributed by atoms with Gasteiger partial charge in [0, 0.05) is 18.0 Å². The van der Waals surface area contributed by atoms with Crippen LogP contribution in [0.1, 0.15) is 23.8 Å². The maximum atomic E-state index is 12.0. The number of fused-ring (bicyclic) bond motifs is 1. The van der Waals surface area contributed by atoms with Gasteiger partial charge in [-0.15, -0.1) is 11.3 Å². The molecule has 1 aliphatic heterocycles. The summed E-state index contributed by atoms with van der Waals surface area (Å²) in [5.41, 5.74) is 1.50. The Morgan fingerprint density at radius 3 is 2.72 bits per heavy atom. The van der Waals surface area contributed by atoms with Crippen LogP contribution in [0.4, 0.5) is 0 Å². The van der Waals surface area contributed by atoms with Crippen molar-refractivity contribution in [3.8, 4) is 0 Å². The van der Waals surface area contributed by atoms with Gasteiger partial charge in [-0.2, -0.15) is 0 Å². The maximum absolute atomic E-state index is 12.0. The van der Waals surface area contributed by atoms with Crippen molar-refractivity contribution in [2.45, 2.75) is 25.5 Å². The highest BCUT2D eigenvalue weighted by Gasteiger charge is 2.26. The number of thiophene rings is 1. The molecule has 1 saturated heterocycles. The molecular formula is C19H22N2O3S. The second kappa shape index (κ2) is 7.15. The molecule has 1 atom stereocenters. The van der Waals surface area contributed by atoms with Crippen LogP contribution in [-0.4, -0.2) is 34.2 Å². The first-order valence-electron chi connectivity index (χ1n) is 8.74. The van der Waals surface area contributed by atoms with Crippen molar-refractivity contribution >= 4 is 22.4 Å². The van der Waals surface area contributed by atoms with Crippen molar-refractivity contribution in [2.24, 2.45) is 5.92 Å². The van der Waals surface area contributed by atoms with E-state index in [2.05, 4.69) is 4.90 Å². The molecule has 0 radical (unpaired) electrons. The van der Waals surface area contributed by atoms with Crippen molar-refractivity contribution in [1.82, 2.24) is 9.47 Å². The zero-order valence-electron chi connectivity index (χ0n) is 14.0. The average molecular weight is 358 g/mol. The first-order valence-corrected chi connectivity index (χ1v) is 9.62. The predicted molar refractivity (Wildman–Crippen MR) is 98.9 cm³/mol. The summed E-state index contributed by atoms with van der Waals surface area (Å²) in [5.74, 6) is 0.0385. The molecule has 1 fully saturated rings. The number of hydrogen-bond donors (Lipinski definition) is 1. The Balaban J connectivity index is 1.34. The Morgan fingerprint density at radius 2 is 1.96 bits per heavy atom. The van der Waals surface area contributed by atoms with Crippen LogP contribution < -0.4 is 5.76 Å². The van der Waals surface area contributed by atoms with Crippen molar-refractivity contribution in [3.63, 3.8) is 0 Å². The molecule has 2 aromatic heterocycles. The minimum absolute atomic E-state index is 0.288. The van der Waals surface area contributed by atoms with Gasteiger partial charge in [0.25, 0.3) is 0 Å². The highest BCUT2D eigenvalue weighted by atomic mass is 32.1. The molecular weight excluding hydrogens is 336 g/mol. The second-order valence-electron chi connectivity index (χ2n) is 6.63. The van der Waals surface area contributed by atoms with E-state index in [1.807, 2.05) is 41.8 Å². The Morgan fingerprint density at radius 1 is 1.16 bits per heavy atom. The van der Waals surface area contributed by atoms with E-state index in [9.17, 15) is 9.90 Å². The second-order valence-corrected chi connectivity index (χ2v) is 7.61. The van der Waals surface area contributed by atoms with Crippen LogP contribution in [0.25, 0.3) is 11.1 Å². The lowest BCUT2D eigenvalue weighted by molar-refractivity contribution is 0.0602. The normalized spacial score (nSPS) is 18.0. The zero-order valence-corrected chi connectivity index (χ0v) is 14.8. The van der Waals surface area contributed by atoms with Crippen LogP contribution in [0.2, 0.25) is 0 Å². The van der Waals surface area contributed by atoms with Crippen LogP contribution in [0.3, 0.4) is 0 Å². The van der Waals surface area contributed by atoms with Crippen molar-refractivity contribution < 1.29 is 9.52 Å². The number of oxazole rings is 1. The van der Waals surface area contributed by atoms with Crippen LogP contribution in [0, 0.1) is 5.92 Å². The van der Waals surface area contributed by atoms with Gasteiger partial charge >= 0.3 is 5.76 Å². The van der Waals surface area contributed by atoms with Gasteiger partial charge < -0.3 is 14.4 Å². The molecule has 25 heavy (non-hydrogen) atoms. The van der Waals surface area contributed by atoms with Crippen LogP contribution >= 0.6 is 11.3 Å². The molecule has 0 aliphatic carbocycles. The van der Waals surface area contributed by atoms with Crippen molar-refractivity contribution in [3.05, 3.63) is 57.2 Å². The monoisotopic (exact) mass is 358 g/mol. The SMILES string of the molecule is O=c1oc2ccccc2n1CCN1CCC(C(O)c2cccs2)CC1. The molecule has 4 rings (SSSR count). The van der Waals surface area contributed by atoms with Gasteiger partial charge in [0.05, 0.1) is 11.6 Å². The highest BCUT2D eigenvalue weighted by Crippen LogP contribution is 2.32. The lowest BCUT2D eigenvalue weighted by Gasteiger charge is -2.33. The molecule has 1 aromatic carbocycles. The molecule has 3 heterocycles. The third kappa shape index (κ3) is 3.42. The summed E-state index contributed by atoms with van der Waals surface area (Å²) in [4.78, 5) is 15.5. The summed E-state index contributed by atoms with van der Waals surface area (Å²) in [5, 5.41) is 12.5. The molecule has 6 heteroatoms. The Bertz CT molecular complexity index is 876. The molecule has 0 saturated carbocycles. The first kappa shape index (κ1) is 16.6. The van der Waals surface area contributed by atoms with E-state index in [0.717, 1.165) is 42.9 Å². The lowest BCUT2D eigenvalue weighted by Crippen LogP contribution is -2.38. The van der Waals surface area contributed by atoms with Crippen LogP contribution in [0.5, 0.6) is 0 Å². The minimum Gasteiger partial charge on any atom is -0.408 e.